The SMILES string of the molecule is C=C(OC1CCCC1)C1=C(CC)NC2=C(C(=O)CC(c3ccc(C)cc3C)C2)C1c1cccc2[nH]ccc12. The highest BCUT2D eigenvalue weighted by atomic mass is 16.5. The number of carbonyl (C=O) groups is 1. The van der Waals surface area contributed by atoms with Gasteiger partial charge in [-0.3, -0.25) is 4.79 Å². The van der Waals surface area contributed by atoms with Crippen molar-refractivity contribution in [2.45, 2.75) is 83.7 Å². The molecular formula is C34H38N2O2. The summed E-state index contributed by atoms with van der Waals surface area (Å²) in [5, 5.41) is 4.90. The molecule has 0 saturated heterocycles. The average Bonchev–Trinajstić information content (AvgIpc) is 3.59. The third-order valence-electron chi connectivity index (χ3n) is 8.78. The first kappa shape index (κ1) is 24.8. The third kappa shape index (κ3) is 4.30. The van der Waals surface area contributed by atoms with Crippen LogP contribution in [0.3, 0.4) is 0 Å². The molecule has 2 unspecified atom stereocenters. The van der Waals surface area contributed by atoms with Crippen molar-refractivity contribution in [1.29, 1.82) is 0 Å². The maximum atomic E-state index is 14.2. The number of rotatable bonds is 6. The molecule has 2 aliphatic carbocycles. The van der Waals surface area contributed by atoms with Crippen molar-refractivity contribution in [2.75, 3.05) is 0 Å². The Hall–Kier alpha value is -3.53. The number of allylic oxidation sites excluding steroid dienone is 4. The van der Waals surface area contributed by atoms with Gasteiger partial charge in [0.05, 0.1) is 6.10 Å². The lowest BCUT2D eigenvalue weighted by Crippen LogP contribution is -2.35. The summed E-state index contributed by atoms with van der Waals surface area (Å²) in [5.41, 5.74) is 10.2. The highest BCUT2D eigenvalue weighted by Gasteiger charge is 2.41. The number of benzene rings is 2. The van der Waals surface area contributed by atoms with Crippen LogP contribution in [0.15, 0.2) is 83.5 Å². The van der Waals surface area contributed by atoms with Crippen molar-refractivity contribution in [3.05, 3.63) is 106 Å². The standard InChI is InChI=1S/C34H38N2O2/c1-5-28-32(22(4)38-24-9-6-7-10-24)33(27-11-8-12-29-26(27)15-16-35-29)34-30(36-28)18-23(19-31(34)37)25-14-13-20(2)17-21(25)3/h8,11-17,23-24,33,35-36H,4-7,9-10,18-19H2,1-3H3. The molecule has 6 rings (SSSR count). The van der Waals surface area contributed by atoms with Crippen LogP contribution in [0.2, 0.25) is 0 Å². The number of aromatic nitrogens is 1. The Morgan fingerprint density at radius 2 is 1.87 bits per heavy atom. The minimum absolute atomic E-state index is 0.177. The number of nitrogens with one attached hydrogen (secondary N) is 2. The number of dihydropyridines is 1. The second-order valence-electron chi connectivity index (χ2n) is 11.3. The first-order chi connectivity index (χ1) is 18.4. The van der Waals surface area contributed by atoms with Crippen LogP contribution in [0.5, 0.6) is 0 Å². The van der Waals surface area contributed by atoms with Gasteiger partial charge in [-0.1, -0.05) is 49.4 Å². The Morgan fingerprint density at radius 3 is 2.63 bits per heavy atom. The molecule has 4 nitrogen and oxygen atoms in total. The summed E-state index contributed by atoms with van der Waals surface area (Å²) in [4.78, 5) is 17.5. The number of carbonyl (C=O) groups excluding carboxylic acids is 1. The van der Waals surface area contributed by atoms with Crippen LogP contribution in [0.25, 0.3) is 10.9 Å². The molecule has 1 saturated carbocycles. The first-order valence-corrected chi connectivity index (χ1v) is 14.2. The quantitative estimate of drug-likeness (QED) is 0.333. The summed E-state index contributed by atoms with van der Waals surface area (Å²) >= 11 is 0. The zero-order valence-electron chi connectivity index (χ0n) is 22.8. The van der Waals surface area contributed by atoms with Crippen LogP contribution in [-0.2, 0) is 9.53 Å². The molecular weight excluding hydrogens is 468 g/mol. The van der Waals surface area contributed by atoms with Crippen LogP contribution >= 0.6 is 0 Å². The molecule has 1 aromatic heterocycles. The third-order valence-corrected chi connectivity index (χ3v) is 8.78. The van der Waals surface area contributed by atoms with Crippen molar-refractivity contribution < 1.29 is 9.53 Å². The molecule has 3 aromatic rings. The molecule has 196 valence electrons. The fourth-order valence-corrected chi connectivity index (χ4v) is 7.01. The van der Waals surface area contributed by atoms with E-state index in [1.807, 2.05) is 6.20 Å². The Kier molecular flexibility index (Phi) is 6.51. The number of H-pyrrole nitrogens is 1. The van der Waals surface area contributed by atoms with Crippen molar-refractivity contribution in [2.24, 2.45) is 0 Å². The fourth-order valence-electron chi connectivity index (χ4n) is 7.01. The Balaban J connectivity index is 1.47. The Bertz CT molecular complexity index is 1480. The minimum Gasteiger partial charge on any atom is -0.491 e. The molecule has 2 atom stereocenters. The van der Waals surface area contributed by atoms with Gasteiger partial charge in [-0.25, -0.2) is 0 Å². The summed E-state index contributed by atoms with van der Waals surface area (Å²) in [6.45, 7) is 10.9. The minimum atomic E-state index is -0.192. The van der Waals surface area contributed by atoms with Gasteiger partial charge in [-0.2, -0.15) is 0 Å². The highest BCUT2D eigenvalue weighted by molar-refractivity contribution is 6.01. The summed E-state index contributed by atoms with van der Waals surface area (Å²) < 4.78 is 6.53. The molecule has 0 radical (unpaired) electrons. The van der Waals surface area contributed by atoms with E-state index in [9.17, 15) is 4.79 Å². The van der Waals surface area contributed by atoms with Gasteiger partial charge in [0.2, 0.25) is 0 Å². The van der Waals surface area contributed by atoms with Gasteiger partial charge < -0.3 is 15.0 Å². The van der Waals surface area contributed by atoms with Gasteiger partial charge in [0.25, 0.3) is 0 Å². The van der Waals surface area contributed by atoms with Gasteiger partial charge in [-0.05, 0) is 87.1 Å². The molecule has 2 N–H and O–H groups in total. The van der Waals surface area contributed by atoms with Crippen molar-refractivity contribution >= 4 is 16.7 Å². The number of ether oxygens (including phenoxy) is 1. The lowest BCUT2D eigenvalue weighted by Gasteiger charge is -2.39. The lowest BCUT2D eigenvalue weighted by molar-refractivity contribution is -0.116. The van der Waals surface area contributed by atoms with Crippen LogP contribution < -0.4 is 5.32 Å². The maximum absolute atomic E-state index is 14.2. The molecule has 1 aliphatic heterocycles. The molecule has 1 fully saturated rings. The van der Waals surface area contributed by atoms with Gasteiger partial charge >= 0.3 is 0 Å². The monoisotopic (exact) mass is 506 g/mol. The van der Waals surface area contributed by atoms with E-state index in [0.29, 0.717) is 6.42 Å². The number of hydrogen-bond donors (Lipinski definition) is 2. The smallest absolute Gasteiger partial charge is 0.162 e. The van der Waals surface area contributed by atoms with Gasteiger partial charge in [0.1, 0.15) is 5.76 Å². The van der Waals surface area contributed by atoms with E-state index in [1.54, 1.807) is 0 Å². The van der Waals surface area contributed by atoms with E-state index in [1.165, 1.54) is 29.5 Å². The highest BCUT2D eigenvalue weighted by Crippen LogP contribution is 2.49. The van der Waals surface area contributed by atoms with Gasteiger partial charge in [0.15, 0.2) is 5.78 Å². The Morgan fingerprint density at radius 1 is 1.05 bits per heavy atom. The molecule has 4 heteroatoms. The van der Waals surface area contributed by atoms with Crippen molar-refractivity contribution in [3.63, 3.8) is 0 Å². The zero-order valence-corrected chi connectivity index (χ0v) is 22.8. The van der Waals surface area contributed by atoms with Crippen molar-refractivity contribution in [3.8, 4) is 0 Å². The number of ketones is 1. The number of aryl methyl sites for hydroxylation is 2. The summed E-state index contributed by atoms with van der Waals surface area (Å²) in [5.74, 6) is 0.926. The molecule has 0 amide bonds. The lowest BCUT2D eigenvalue weighted by atomic mass is 9.70. The van der Waals surface area contributed by atoms with E-state index < -0.39 is 0 Å². The van der Waals surface area contributed by atoms with Crippen LogP contribution in [0, 0.1) is 13.8 Å². The second kappa shape index (κ2) is 9.98. The van der Waals surface area contributed by atoms with E-state index in [2.05, 4.69) is 80.1 Å². The summed E-state index contributed by atoms with van der Waals surface area (Å²) in [7, 11) is 0. The van der Waals surface area contributed by atoms with E-state index >= 15 is 0 Å². The maximum Gasteiger partial charge on any atom is 0.162 e. The molecule has 3 aliphatic rings. The summed E-state index contributed by atoms with van der Waals surface area (Å²) in [6.07, 6.45) is 8.92. The zero-order chi connectivity index (χ0) is 26.4. The van der Waals surface area contributed by atoms with Gasteiger partial charge in [-0.15, -0.1) is 0 Å². The van der Waals surface area contributed by atoms with Crippen molar-refractivity contribution in [1.82, 2.24) is 10.3 Å². The molecule has 2 aromatic carbocycles. The molecule has 0 bridgehead atoms. The molecule has 2 heterocycles. The Labute approximate surface area is 225 Å². The fraction of sp³-hybridized carbons (Fsp3) is 0.382. The summed E-state index contributed by atoms with van der Waals surface area (Å²) in [6, 6.07) is 15.1. The number of Topliss-reactive ketones (excluding diaryl/α,β-unsaturated/α-hetero) is 1. The molecule has 38 heavy (non-hydrogen) atoms. The second-order valence-corrected chi connectivity index (χ2v) is 11.3. The number of fused-ring (bicyclic) bond motifs is 1. The topological polar surface area (TPSA) is 54.1 Å². The predicted molar refractivity (Wildman–Crippen MR) is 154 cm³/mol. The van der Waals surface area contributed by atoms with Crippen LogP contribution in [0.4, 0.5) is 0 Å². The van der Waals surface area contributed by atoms with E-state index in [4.69, 9.17) is 4.74 Å². The van der Waals surface area contributed by atoms with E-state index in [-0.39, 0.29) is 23.7 Å². The number of hydrogen-bond acceptors (Lipinski definition) is 3. The van der Waals surface area contributed by atoms with E-state index in [0.717, 1.165) is 70.4 Å². The molecule has 0 spiro atoms. The van der Waals surface area contributed by atoms with Gasteiger partial charge in [0, 0.05) is 52.0 Å². The largest absolute Gasteiger partial charge is 0.491 e. The predicted octanol–water partition coefficient (Wildman–Crippen LogP) is 8.01. The average molecular weight is 507 g/mol. The van der Waals surface area contributed by atoms with Crippen LogP contribution in [-0.4, -0.2) is 16.9 Å². The number of aromatic amines is 1. The normalized spacial score (nSPS) is 22.1. The van der Waals surface area contributed by atoms with Crippen LogP contribution in [0.1, 0.15) is 86.0 Å². The first-order valence-electron chi connectivity index (χ1n) is 14.2.